The molecule has 1 aromatic rings. The fraction of sp³-hybridized carbons (Fsp3) is 0.529. The second-order valence-corrected chi connectivity index (χ2v) is 6.84. The van der Waals surface area contributed by atoms with Crippen molar-refractivity contribution in [2.45, 2.75) is 12.3 Å². The van der Waals surface area contributed by atoms with E-state index in [4.69, 9.17) is 21.4 Å². The summed E-state index contributed by atoms with van der Waals surface area (Å²) in [7, 11) is 0. The minimum absolute atomic E-state index is 0.0496. The van der Waals surface area contributed by atoms with E-state index in [1.54, 1.807) is 0 Å². The first-order valence-electron chi connectivity index (χ1n) is 8.13. The van der Waals surface area contributed by atoms with Gasteiger partial charge in [-0.1, -0.05) is 23.7 Å². The lowest BCUT2D eigenvalue weighted by molar-refractivity contribution is -0.134. The highest BCUT2D eigenvalue weighted by molar-refractivity contribution is 6.30. The topological polar surface area (TPSA) is 78.9 Å². The quantitative estimate of drug-likeness (QED) is 0.870. The zero-order valence-electron chi connectivity index (χ0n) is 13.3. The molecule has 130 valence electrons. The van der Waals surface area contributed by atoms with Gasteiger partial charge in [-0.25, -0.2) is 4.79 Å². The Hall–Kier alpha value is -1.79. The first kappa shape index (κ1) is 17.0. The number of benzene rings is 1. The van der Waals surface area contributed by atoms with Crippen LogP contribution in [0, 0.1) is 11.8 Å². The van der Waals surface area contributed by atoms with Gasteiger partial charge >= 0.3 is 6.09 Å². The third-order valence-corrected chi connectivity index (χ3v) is 5.10. The largest absolute Gasteiger partial charge is 0.465 e. The number of nitrogens with one attached hydrogen (secondary N) is 1. The van der Waals surface area contributed by atoms with Gasteiger partial charge < -0.3 is 20.1 Å². The van der Waals surface area contributed by atoms with E-state index in [9.17, 15) is 9.59 Å². The number of hydrogen-bond acceptors (Lipinski definition) is 3. The molecule has 1 unspecified atom stereocenters. The lowest BCUT2D eigenvalue weighted by Gasteiger charge is -2.19. The lowest BCUT2D eigenvalue weighted by Crippen LogP contribution is -2.36. The first-order chi connectivity index (χ1) is 11.5. The summed E-state index contributed by atoms with van der Waals surface area (Å²) in [5, 5.41) is 12.0. The summed E-state index contributed by atoms with van der Waals surface area (Å²) in [4.78, 5) is 25.3. The van der Waals surface area contributed by atoms with Crippen LogP contribution in [0.25, 0.3) is 0 Å². The van der Waals surface area contributed by atoms with Crippen molar-refractivity contribution in [1.82, 2.24) is 10.2 Å². The lowest BCUT2D eigenvalue weighted by atomic mass is 9.89. The SMILES string of the molecule is O=C(O)NC[C@H]1CN(C(=O)C2CCOC2)C[C@H]1c1ccc(Cl)cc1. The van der Waals surface area contributed by atoms with Crippen molar-refractivity contribution >= 4 is 23.6 Å². The molecule has 3 rings (SSSR count). The molecule has 0 aromatic heterocycles. The van der Waals surface area contributed by atoms with Crippen molar-refractivity contribution in [2.24, 2.45) is 11.8 Å². The van der Waals surface area contributed by atoms with E-state index in [-0.39, 0.29) is 23.7 Å². The van der Waals surface area contributed by atoms with Gasteiger partial charge in [0, 0.05) is 43.1 Å². The van der Waals surface area contributed by atoms with Crippen LogP contribution in [0.4, 0.5) is 4.79 Å². The monoisotopic (exact) mass is 352 g/mol. The number of carbonyl (C=O) groups excluding carboxylic acids is 1. The van der Waals surface area contributed by atoms with Gasteiger partial charge in [-0.15, -0.1) is 0 Å². The summed E-state index contributed by atoms with van der Waals surface area (Å²) in [6, 6.07) is 7.56. The number of ether oxygens (including phenoxy) is 1. The van der Waals surface area contributed by atoms with Gasteiger partial charge in [-0.2, -0.15) is 0 Å². The number of carbonyl (C=O) groups is 2. The summed E-state index contributed by atoms with van der Waals surface area (Å²) in [5.74, 6) is 0.195. The van der Waals surface area contributed by atoms with Crippen molar-refractivity contribution in [3.05, 3.63) is 34.9 Å². The zero-order chi connectivity index (χ0) is 17.1. The Morgan fingerprint density at radius 2 is 2.04 bits per heavy atom. The minimum atomic E-state index is -1.04. The van der Waals surface area contributed by atoms with E-state index in [1.807, 2.05) is 29.2 Å². The molecule has 1 aromatic carbocycles. The second kappa shape index (κ2) is 7.40. The minimum Gasteiger partial charge on any atom is -0.465 e. The molecule has 0 aliphatic carbocycles. The molecule has 2 aliphatic rings. The molecular weight excluding hydrogens is 332 g/mol. The van der Waals surface area contributed by atoms with Gasteiger partial charge in [0.1, 0.15) is 0 Å². The van der Waals surface area contributed by atoms with Gasteiger partial charge in [0.15, 0.2) is 0 Å². The number of nitrogens with zero attached hydrogens (tertiary/aromatic N) is 1. The molecule has 0 radical (unpaired) electrons. The Morgan fingerprint density at radius 1 is 1.29 bits per heavy atom. The van der Waals surface area contributed by atoms with Crippen LogP contribution in [0.15, 0.2) is 24.3 Å². The number of carboxylic acid groups (broad SMARTS) is 1. The van der Waals surface area contributed by atoms with E-state index >= 15 is 0 Å². The van der Waals surface area contributed by atoms with Gasteiger partial charge in [0.25, 0.3) is 0 Å². The van der Waals surface area contributed by atoms with Crippen molar-refractivity contribution in [1.29, 1.82) is 0 Å². The third-order valence-electron chi connectivity index (χ3n) is 4.85. The maximum Gasteiger partial charge on any atom is 0.404 e. The second-order valence-electron chi connectivity index (χ2n) is 6.41. The molecule has 24 heavy (non-hydrogen) atoms. The maximum absolute atomic E-state index is 12.7. The fourth-order valence-corrected chi connectivity index (χ4v) is 3.68. The Bertz CT molecular complexity index is 601. The average molecular weight is 353 g/mol. The van der Waals surface area contributed by atoms with Crippen LogP contribution >= 0.6 is 11.6 Å². The van der Waals surface area contributed by atoms with Crippen molar-refractivity contribution < 1.29 is 19.4 Å². The number of rotatable bonds is 4. The predicted molar refractivity (Wildman–Crippen MR) is 89.2 cm³/mol. The van der Waals surface area contributed by atoms with Crippen LogP contribution < -0.4 is 5.32 Å². The van der Waals surface area contributed by atoms with Gasteiger partial charge in [-0.3, -0.25) is 4.79 Å². The van der Waals surface area contributed by atoms with Crippen LogP contribution in [0.3, 0.4) is 0 Å². The van der Waals surface area contributed by atoms with Gasteiger partial charge in [-0.05, 0) is 24.1 Å². The highest BCUT2D eigenvalue weighted by Gasteiger charge is 2.39. The van der Waals surface area contributed by atoms with Crippen LogP contribution in [-0.4, -0.2) is 54.9 Å². The van der Waals surface area contributed by atoms with Crippen molar-refractivity contribution in [3.8, 4) is 0 Å². The molecule has 7 heteroatoms. The molecular formula is C17H21ClN2O4. The molecule has 2 N–H and O–H groups in total. The number of halogens is 1. The Morgan fingerprint density at radius 3 is 2.67 bits per heavy atom. The Kier molecular flexibility index (Phi) is 5.26. The molecule has 2 heterocycles. The summed E-state index contributed by atoms with van der Waals surface area (Å²) < 4.78 is 5.32. The number of amides is 2. The molecule has 0 saturated carbocycles. The Labute approximate surface area is 145 Å². The van der Waals surface area contributed by atoms with E-state index < -0.39 is 6.09 Å². The zero-order valence-corrected chi connectivity index (χ0v) is 14.0. The maximum atomic E-state index is 12.7. The summed E-state index contributed by atoms with van der Waals surface area (Å²) >= 11 is 5.95. The number of likely N-dealkylation sites (tertiary alicyclic amines) is 1. The van der Waals surface area contributed by atoms with E-state index in [1.165, 1.54) is 0 Å². The van der Waals surface area contributed by atoms with Crippen LogP contribution in [0.1, 0.15) is 17.9 Å². The molecule has 2 amide bonds. The van der Waals surface area contributed by atoms with Crippen LogP contribution in [0.2, 0.25) is 5.02 Å². The predicted octanol–water partition coefficient (Wildman–Crippen LogP) is 2.19. The van der Waals surface area contributed by atoms with Crippen molar-refractivity contribution in [2.75, 3.05) is 32.8 Å². The first-order valence-corrected chi connectivity index (χ1v) is 8.51. The summed E-state index contributed by atoms with van der Waals surface area (Å²) in [5.41, 5.74) is 1.08. The van der Waals surface area contributed by atoms with Crippen LogP contribution in [-0.2, 0) is 9.53 Å². The molecule has 3 atom stereocenters. The fourth-order valence-electron chi connectivity index (χ4n) is 3.55. The third kappa shape index (κ3) is 3.82. The van der Waals surface area contributed by atoms with Crippen molar-refractivity contribution in [3.63, 3.8) is 0 Å². The van der Waals surface area contributed by atoms with Gasteiger partial charge in [0.2, 0.25) is 5.91 Å². The normalized spacial score (nSPS) is 26.5. The molecule has 2 fully saturated rings. The summed E-state index contributed by atoms with van der Waals surface area (Å²) in [6.45, 7) is 2.60. The van der Waals surface area contributed by atoms with Crippen LogP contribution in [0.5, 0.6) is 0 Å². The highest BCUT2D eigenvalue weighted by Crippen LogP contribution is 2.34. The van der Waals surface area contributed by atoms with E-state index in [0.29, 0.717) is 37.9 Å². The molecule has 6 nitrogen and oxygen atoms in total. The van der Waals surface area contributed by atoms with E-state index in [2.05, 4.69) is 5.32 Å². The highest BCUT2D eigenvalue weighted by atomic mass is 35.5. The molecule has 2 saturated heterocycles. The Balaban J connectivity index is 1.74. The smallest absolute Gasteiger partial charge is 0.404 e. The molecule has 2 aliphatic heterocycles. The molecule has 0 bridgehead atoms. The molecule has 0 spiro atoms. The standard InChI is InChI=1S/C17H21ClN2O4/c18-14-3-1-11(2-4-14)15-9-20(8-13(15)7-19-17(22)23)16(21)12-5-6-24-10-12/h1-4,12-13,15,19H,5-10H2,(H,22,23)/t12?,13-,15-/m0/s1. The van der Waals surface area contributed by atoms with Gasteiger partial charge in [0.05, 0.1) is 12.5 Å². The van der Waals surface area contributed by atoms with E-state index in [0.717, 1.165) is 12.0 Å². The average Bonchev–Trinajstić information content (AvgIpc) is 3.23. The summed E-state index contributed by atoms with van der Waals surface area (Å²) in [6.07, 6.45) is -0.280. The number of hydrogen-bond donors (Lipinski definition) is 2.